The molecule has 2 unspecified atom stereocenters. The van der Waals surface area contributed by atoms with Gasteiger partial charge in [0, 0.05) is 24.4 Å². The number of ketones is 3. The number of aryl methyl sites for hydroxylation is 1. The van der Waals surface area contributed by atoms with Crippen LogP contribution in [0.25, 0.3) is 0 Å². The summed E-state index contributed by atoms with van der Waals surface area (Å²) in [6, 6.07) is 6.59. The van der Waals surface area contributed by atoms with E-state index in [0.717, 1.165) is 5.56 Å². The lowest BCUT2D eigenvalue weighted by Crippen LogP contribution is -2.41. The number of methoxy groups -OCH3 is 1. The molecular formula is C29H28N4O7. The number of Topliss-reactive ketones (excluding diaryl/α,β-unsaturated/α-hetero) is 2. The number of carbonyl (C=O) groups excluding carboxylic acids is 3. The van der Waals surface area contributed by atoms with E-state index in [0.29, 0.717) is 11.6 Å². The van der Waals surface area contributed by atoms with Gasteiger partial charge in [-0.2, -0.15) is 5.10 Å². The number of carbonyl (C=O) groups is 3. The highest BCUT2D eigenvalue weighted by Gasteiger charge is 2.56. The number of rotatable bonds is 6. The summed E-state index contributed by atoms with van der Waals surface area (Å²) >= 11 is 0. The van der Waals surface area contributed by atoms with Crippen molar-refractivity contribution < 1.29 is 34.1 Å². The van der Waals surface area contributed by atoms with Gasteiger partial charge in [-0.15, -0.1) is 0 Å². The molecule has 206 valence electrons. The molecular weight excluding hydrogens is 516 g/mol. The minimum atomic E-state index is -1.62. The summed E-state index contributed by atoms with van der Waals surface area (Å²) in [7, 11) is 3.29. The van der Waals surface area contributed by atoms with Crippen molar-refractivity contribution in [3.8, 4) is 23.0 Å². The van der Waals surface area contributed by atoms with Crippen LogP contribution in [-0.2, 0) is 22.1 Å². The summed E-state index contributed by atoms with van der Waals surface area (Å²) < 4.78 is 12.6. The van der Waals surface area contributed by atoms with Crippen LogP contribution in [0.1, 0.15) is 59.7 Å². The van der Waals surface area contributed by atoms with Gasteiger partial charge in [0.2, 0.25) is 0 Å². The van der Waals surface area contributed by atoms with E-state index in [1.165, 1.54) is 26.8 Å². The predicted octanol–water partition coefficient (Wildman–Crippen LogP) is 3.08. The van der Waals surface area contributed by atoms with Gasteiger partial charge in [-0.1, -0.05) is 12.1 Å². The van der Waals surface area contributed by atoms with Crippen LogP contribution in [0.15, 0.2) is 53.7 Å². The van der Waals surface area contributed by atoms with Crippen LogP contribution < -0.4 is 14.8 Å². The molecule has 0 fully saturated rings. The van der Waals surface area contributed by atoms with E-state index >= 15 is 0 Å². The molecule has 11 nitrogen and oxygen atoms in total. The first-order chi connectivity index (χ1) is 18.9. The second kappa shape index (κ2) is 9.37. The zero-order chi connectivity index (χ0) is 29.1. The largest absolute Gasteiger partial charge is 0.507 e. The number of nitrogens with one attached hydrogen (secondary N) is 1. The molecule has 0 saturated heterocycles. The number of ether oxygens (including phenoxy) is 2. The van der Waals surface area contributed by atoms with Crippen molar-refractivity contribution in [2.24, 2.45) is 7.05 Å². The van der Waals surface area contributed by atoms with Gasteiger partial charge in [0.05, 0.1) is 18.2 Å². The first kappa shape index (κ1) is 26.7. The monoisotopic (exact) mass is 544 g/mol. The number of benzene rings is 2. The summed E-state index contributed by atoms with van der Waals surface area (Å²) in [5, 5.41) is 29.3. The number of fused-ring (bicyclic) bond motifs is 3. The second-order valence-corrected chi connectivity index (χ2v) is 10.0. The fraction of sp³-hybridized carbons (Fsp3) is 0.276. The van der Waals surface area contributed by atoms with Gasteiger partial charge < -0.3 is 25.0 Å². The zero-order valence-electron chi connectivity index (χ0n) is 22.8. The average molecular weight is 545 g/mol. The molecule has 0 saturated carbocycles. The van der Waals surface area contributed by atoms with Gasteiger partial charge in [-0.3, -0.25) is 19.1 Å². The molecule has 1 aliphatic heterocycles. The third-order valence-corrected chi connectivity index (χ3v) is 7.45. The van der Waals surface area contributed by atoms with Gasteiger partial charge in [-0.05, 0) is 45.4 Å². The van der Waals surface area contributed by atoms with Crippen molar-refractivity contribution in [3.05, 3.63) is 81.8 Å². The van der Waals surface area contributed by atoms with Crippen molar-refractivity contribution in [2.75, 3.05) is 7.11 Å². The molecule has 0 radical (unpaired) electrons. The zero-order valence-corrected chi connectivity index (χ0v) is 22.8. The van der Waals surface area contributed by atoms with Crippen molar-refractivity contribution in [1.29, 1.82) is 0 Å². The van der Waals surface area contributed by atoms with Gasteiger partial charge in [0.25, 0.3) is 0 Å². The molecule has 0 bridgehead atoms. The van der Waals surface area contributed by atoms with E-state index in [2.05, 4.69) is 15.4 Å². The fourth-order valence-electron chi connectivity index (χ4n) is 5.23. The summed E-state index contributed by atoms with van der Waals surface area (Å²) in [4.78, 5) is 44.3. The first-order valence-corrected chi connectivity index (χ1v) is 12.5. The molecule has 5 rings (SSSR count). The maximum absolute atomic E-state index is 14.2. The molecule has 2 atom stereocenters. The Balaban J connectivity index is 1.64. The molecule has 2 aliphatic rings. The average Bonchev–Trinajstić information content (AvgIpc) is 3.47. The van der Waals surface area contributed by atoms with Gasteiger partial charge >= 0.3 is 0 Å². The molecule has 1 aliphatic carbocycles. The second-order valence-electron chi connectivity index (χ2n) is 10.0. The number of phenols is 2. The Morgan fingerprint density at radius 3 is 2.40 bits per heavy atom. The van der Waals surface area contributed by atoms with E-state index in [9.17, 15) is 24.6 Å². The lowest BCUT2D eigenvalue weighted by atomic mass is 9.70. The van der Waals surface area contributed by atoms with Crippen molar-refractivity contribution in [2.45, 2.75) is 39.2 Å². The molecule has 3 N–H and O–H groups in total. The van der Waals surface area contributed by atoms with E-state index in [4.69, 9.17) is 9.47 Å². The molecule has 2 heterocycles. The lowest BCUT2D eigenvalue weighted by molar-refractivity contribution is -0.123. The van der Waals surface area contributed by atoms with Gasteiger partial charge in [-0.25, -0.2) is 4.98 Å². The number of aromatic hydroxyl groups is 2. The fourth-order valence-corrected chi connectivity index (χ4v) is 5.23. The first-order valence-electron chi connectivity index (χ1n) is 12.5. The number of phenolic OH excluding ortho intramolecular Hbond substituents is 2. The maximum atomic E-state index is 14.2. The topological polar surface area (TPSA) is 153 Å². The number of allylic oxidation sites excluding steroid dienone is 4. The highest BCUT2D eigenvalue weighted by molar-refractivity contribution is 6.31. The highest BCUT2D eigenvalue weighted by atomic mass is 16.5. The summed E-state index contributed by atoms with van der Waals surface area (Å²) in [6.45, 7) is 5.80. The number of hydrogen-bond acceptors (Lipinski definition) is 10. The predicted molar refractivity (Wildman–Crippen MR) is 142 cm³/mol. The van der Waals surface area contributed by atoms with E-state index in [1.54, 1.807) is 44.2 Å². The van der Waals surface area contributed by atoms with Crippen LogP contribution in [0.5, 0.6) is 23.0 Å². The quantitative estimate of drug-likeness (QED) is 0.240. The third kappa shape index (κ3) is 3.84. The molecule has 0 amide bonds. The minimum Gasteiger partial charge on any atom is -0.507 e. The van der Waals surface area contributed by atoms with Crippen LogP contribution in [0.2, 0.25) is 0 Å². The smallest absolute Gasteiger partial charge is 0.194 e. The maximum Gasteiger partial charge on any atom is 0.194 e. The molecule has 0 spiro atoms. The lowest BCUT2D eigenvalue weighted by Gasteiger charge is -2.29. The molecule has 2 aromatic carbocycles. The molecule has 11 heteroatoms. The Morgan fingerprint density at radius 1 is 1.15 bits per heavy atom. The highest BCUT2D eigenvalue weighted by Crippen LogP contribution is 2.57. The van der Waals surface area contributed by atoms with E-state index < -0.39 is 34.6 Å². The van der Waals surface area contributed by atoms with E-state index in [1.807, 2.05) is 12.1 Å². The normalized spacial score (nSPS) is 19.8. The SMILES string of the molecule is COc1ccc(C(NC(C)=C2C(=O)C=C3Oc4c(C(C)=O)c(O)c(C)c(O)c4C3(C)C2=O)c2ncn(C)n2)cc1. The number of hydrogen-bond donors (Lipinski definition) is 3. The molecule has 40 heavy (non-hydrogen) atoms. The van der Waals surface area contributed by atoms with Crippen molar-refractivity contribution in [1.82, 2.24) is 20.1 Å². The molecule has 3 aromatic rings. The van der Waals surface area contributed by atoms with Crippen LogP contribution >= 0.6 is 0 Å². The Bertz CT molecular complexity index is 1670. The summed E-state index contributed by atoms with van der Waals surface area (Å²) in [5.41, 5.74) is -0.854. The Labute approximate surface area is 229 Å². The Hall–Kier alpha value is -4.93. The molecule has 1 aromatic heterocycles. The van der Waals surface area contributed by atoms with Gasteiger partial charge in [0.1, 0.15) is 52.1 Å². The minimum absolute atomic E-state index is 0.0279. The van der Waals surface area contributed by atoms with Crippen molar-refractivity contribution >= 4 is 17.3 Å². The third-order valence-electron chi connectivity index (χ3n) is 7.45. The summed E-state index contributed by atoms with van der Waals surface area (Å²) in [5.74, 6) is -1.68. The van der Waals surface area contributed by atoms with Crippen LogP contribution in [-0.4, -0.2) is 49.4 Å². The van der Waals surface area contributed by atoms with Crippen LogP contribution in [0.4, 0.5) is 0 Å². The van der Waals surface area contributed by atoms with Crippen molar-refractivity contribution in [3.63, 3.8) is 0 Å². The van der Waals surface area contributed by atoms with Crippen LogP contribution in [0, 0.1) is 6.92 Å². The number of nitrogens with zero attached hydrogens (tertiary/aromatic N) is 3. The summed E-state index contributed by atoms with van der Waals surface area (Å²) in [6.07, 6.45) is 2.72. The Kier molecular flexibility index (Phi) is 6.24. The van der Waals surface area contributed by atoms with E-state index in [-0.39, 0.29) is 45.2 Å². The van der Waals surface area contributed by atoms with Gasteiger partial charge in [0.15, 0.2) is 23.2 Å². The van der Waals surface area contributed by atoms with Crippen LogP contribution in [0.3, 0.4) is 0 Å². The standard InChI is InChI=1S/C29H28N4O7/c1-13-24(36)21(15(3)34)26-22(25(13)37)29(4)19(40-26)11-18(35)20(27(29)38)14(2)31-23(28-30-12-33(5)32-28)16-7-9-17(39-6)10-8-16/h7-12,23,31,36-37H,1-6H3. The number of aromatic nitrogens is 3. The Morgan fingerprint density at radius 2 is 1.82 bits per heavy atom.